The van der Waals surface area contributed by atoms with Gasteiger partial charge in [0.1, 0.15) is 61.0 Å². The van der Waals surface area contributed by atoms with Gasteiger partial charge in [-0.2, -0.15) is 0 Å². The molecule has 61 heavy (non-hydrogen) atoms. The summed E-state index contributed by atoms with van der Waals surface area (Å²) in [5.74, 6) is 2.64. The topological polar surface area (TPSA) is 236 Å². The number of hydrogen-bond donors (Lipinski definition) is 8. The Kier molecular flexibility index (Phi) is 12.4. The Morgan fingerprint density at radius 1 is 0.689 bits per heavy atom. The zero-order valence-electron chi connectivity index (χ0n) is 36.5. The first kappa shape index (κ1) is 45.3. The minimum Gasteiger partial charge on any atom is -0.394 e. The molecule has 0 amide bonds. The van der Waals surface area contributed by atoms with Gasteiger partial charge in [-0.3, -0.25) is 0 Å². The molecule has 0 aromatic carbocycles. The summed E-state index contributed by atoms with van der Waals surface area (Å²) in [5.41, 5.74) is 1.53. The maximum atomic E-state index is 12.0. The summed E-state index contributed by atoms with van der Waals surface area (Å²) < 4.78 is 50.1. The van der Waals surface area contributed by atoms with Gasteiger partial charge < -0.3 is 78.7 Å². The van der Waals surface area contributed by atoms with E-state index in [1.165, 1.54) is 25.8 Å². The summed E-state index contributed by atoms with van der Waals surface area (Å²) in [6.45, 7) is 12.7. The van der Waals surface area contributed by atoms with Gasteiger partial charge in [-0.15, -0.1) is 0 Å². The van der Waals surface area contributed by atoms with Gasteiger partial charge in [0, 0.05) is 12.3 Å². The van der Waals surface area contributed by atoms with Gasteiger partial charge in [0.2, 0.25) is 0 Å². The first-order valence-corrected chi connectivity index (χ1v) is 23.2. The Morgan fingerprint density at radius 3 is 1.97 bits per heavy atom. The highest BCUT2D eigenvalue weighted by Gasteiger charge is 2.69. The van der Waals surface area contributed by atoms with Crippen LogP contribution in [0, 0.1) is 46.3 Å². The lowest BCUT2D eigenvalue weighted by Gasteiger charge is -2.58. The van der Waals surface area contributed by atoms with Crippen LogP contribution < -0.4 is 0 Å². The smallest absolute Gasteiger partial charge is 0.187 e. The van der Waals surface area contributed by atoms with E-state index in [-0.39, 0.29) is 23.0 Å². The van der Waals surface area contributed by atoms with Gasteiger partial charge in [-0.1, -0.05) is 39.3 Å². The van der Waals surface area contributed by atoms with Gasteiger partial charge in [0.25, 0.3) is 0 Å². The van der Waals surface area contributed by atoms with Crippen LogP contribution in [0.1, 0.15) is 99.3 Å². The van der Waals surface area contributed by atoms with E-state index in [0.29, 0.717) is 48.3 Å². The van der Waals surface area contributed by atoms with Crippen molar-refractivity contribution in [2.24, 2.45) is 46.3 Å². The summed E-state index contributed by atoms with van der Waals surface area (Å²) in [4.78, 5) is 0. The van der Waals surface area contributed by atoms with Crippen LogP contribution in [-0.4, -0.2) is 164 Å². The van der Waals surface area contributed by atoms with E-state index in [9.17, 15) is 40.9 Å². The van der Waals surface area contributed by atoms with E-state index in [0.717, 1.165) is 45.1 Å². The van der Waals surface area contributed by atoms with Crippen LogP contribution in [0.15, 0.2) is 11.6 Å². The molecule has 9 rings (SSSR count). The Bertz CT molecular complexity index is 1590. The number of aliphatic hydroxyl groups excluding tert-OH is 8. The Hall–Kier alpha value is -0.900. The summed E-state index contributed by atoms with van der Waals surface area (Å²) in [7, 11) is 0. The van der Waals surface area contributed by atoms with Gasteiger partial charge in [-0.05, 0) is 106 Å². The van der Waals surface area contributed by atoms with Crippen LogP contribution in [0.5, 0.6) is 0 Å². The molecule has 26 atom stereocenters. The van der Waals surface area contributed by atoms with Crippen molar-refractivity contribution in [3.05, 3.63) is 11.6 Å². The molecular formula is C45H72O16. The summed E-state index contributed by atoms with van der Waals surface area (Å²) >= 11 is 0. The van der Waals surface area contributed by atoms with Crippen LogP contribution in [0.2, 0.25) is 0 Å². The average molecular weight is 869 g/mol. The zero-order chi connectivity index (χ0) is 43.5. The molecule has 8 N–H and O–H groups in total. The van der Waals surface area contributed by atoms with Gasteiger partial charge >= 0.3 is 0 Å². The minimum atomic E-state index is -1.71. The fourth-order valence-electron chi connectivity index (χ4n) is 14.0. The SMILES string of the molecule is C[C@@H]1CC[C@]2(OC1)O[C@@H]1C[C@@H]3[C@H]4CC=C5C[C@@H](O[C@@H]6O[C@H](CO)[C@@H](OC7O[C@@H](C)[C@H](O)[C@@H](O)[C@H]7O)[C@H](O)[C@H]6O[C@@H]6O[C@@H](C)[C@H](O)[C@@H](O)[C@H]6O)CC[C@]5(C)[C@@H]4CC[C@]3(C)[C@@H]1[C@@H]2C. The number of aliphatic hydroxyl groups is 8. The van der Waals surface area contributed by atoms with Crippen LogP contribution >= 0.6 is 0 Å². The summed E-state index contributed by atoms with van der Waals surface area (Å²) in [6.07, 6.45) is -10.4. The van der Waals surface area contributed by atoms with Crippen molar-refractivity contribution in [1.82, 2.24) is 0 Å². The number of ether oxygens (including phenoxy) is 8. The lowest BCUT2D eigenvalue weighted by molar-refractivity contribution is -0.388. The summed E-state index contributed by atoms with van der Waals surface area (Å²) in [5, 5.41) is 85.9. The first-order valence-electron chi connectivity index (χ1n) is 23.2. The molecule has 1 unspecified atom stereocenters. The zero-order valence-corrected chi connectivity index (χ0v) is 36.5. The molecule has 5 aliphatic heterocycles. The largest absolute Gasteiger partial charge is 0.394 e. The molecule has 0 radical (unpaired) electrons. The third-order valence-corrected chi connectivity index (χ3v) is 17.6. The molecule has 5 saturated heterocycles. The van der Waals surface area contributed by atoms with E-state index < -0.39 is 105 Å². The van der Waals surface area contributed by atoms with E-state index in [2.05, 4.69) is 33.8 Å². The summed E-state index contributed by atoms with van der Waals surface area (Å²) in [6, 6.07) is 0. The lowest BCUT2D eigenvalue weighted by Crippen LogP contribution is -2.66. The molecule has 348 valence electrons. The van der Waals surface area contributed by atoms with Gasteiger partial charge in [0.15, 0.2) is 24.7 Å². The second-order valence-corrected chi connectivity index (χ2v) is 21.1. The number of fused-ring (bicyclic) bond motifs is 7. The van der Waals surface area contributed by atoms with E-state index >= 15 is 0 Å². The molecule has 16 heteroatoms. The van der Waals surface area contributed by atoms with Crippen LogP contribution in [0.4, 0.5) is 0 Å². The van der Waals surface area contributed by atoms with Crippen molar-refractivity contribution in [2.75, 3.05) is 13.2 Å². The number of rotatable bonds is 7. The van der Waals surface area contributed by atoms with Crippen molar-refractivity contribution in [3.63, 3.8) is 0 Å². The molecule has 1 spiro atoms. The highest BCUT2D eigenvalue weighted by Crippen LogP contribution is 2.70. The van der Waals surface area contributed by atoms with Crippen molar-refractivity contribution >= 4 is 0 Å². The third kappa shape index (κ3) is 7.42. The second kappa shape index (κ2) is 16.8. The average Bonchev–Trinajstić information content (AvgIpc) is 3.69. The predicted molar refractivity (Wildman–Crippen MR) is 213 cm³/mol. The standard InChI is InChI=1S/C45H72O16/c1-19-9-14-45(54-18-19)20(2)30-28(61-45)16-27-25-8-7-23-15-24(10-12-43(23,5)26(25)11-13-44(27,30)6)57-42-39(60-41-36(52)34(50)32(48)22(4)56-41)37(53)38(29(17-46)58-42)59-40-35(51)33(49)31(47)21(3)55-40/h7,19-22,24-42,46-53H,8-18H2,1-6H3/t19-,20+,21+,22+,24+,25+,26-,27-,28-,29-,30-,31+,32+,33-,34-,35-,36-,37+,38-,39-,40?,41+,42-,43+,44+,45+/m1/s1. The number of allylic oxidation sites excluding steroid dienone is 1. The van der Waals surface area contributed by atoms with Crippen molar-refractivity contribution in [3.8, 4) is 0 Å². The Labute approximate surface area is 358 Å². The van der Waals surface area contributed by atoms with Crippen LogP contribution in [-0.2, 0) is 37.9 Å². The van der Waals surface area contributed by atoms with E-state index in [1.807, 2.05) is 0 Å². The van der Waals surface area contributed by atoms with Crippen LogP contribution in [0.25, 0.3) is 0 Å². The van der Waals surface area contributed by atoms with E-state index in [4.69, 9.17) is 37.9 Å². The molecule has 8 fully saturated rings. The molecule has 9 aliphatic rings. The molecular weight excluding hydrogens is 796 g/mol. The monoisotopic (exact) mass is 868 g/mol. The second-order valence-electron chi connectivity index (χ2n) is 21.1. The fourth-order valence-corrected chi connectivity index (χ4v) is 14.0. The molecule has 4 aliphatic carbocycles. The van der Waals surface area contributed by atoms with Crippen molar-refractivity contribution in [2.45, 2.75) is 209 Å². The lowest BCUT2D eigenvalue weighted by atomic mass is 9.47. The highest BCUT2D eigenvalue weighted by molar-refractivity contribution is 5.26. The van der Waals surface area contributed by atoms with Crippen LogP contribution in [0.3, 0.4) is 0 Å². The molecule has 5 heterocycles. The minimum absolute atomic E-state index is 0.0171. The molecule has 0 aromatic heterocycles. The van der Waals surface area contributed by atoms with Gasteiger partial charge in [-0.25, -0.2) is 0 Å². The number of hydrogen-bond acceptors (Lipinski definition) is 16. The highest BCUT2D eigenvalue weighted by atomic mass is 16.8. The normalized spacial score (nSPS) is 58.4. The predicted octanol–water partition coefficient (Wildman–Crippen LogP) is 1.24. The molecule has 3 saturated carbocycles. The maximum Gasteiger partial charge on any atom is 0.187 e. The van der Waals surface area contributed by atoms with Crippen molar-refractivity contribution in [1.29, 1.82) is 0 Å². The Morgan fingerprint density at radius 2 is 1.34 bits per heavy atom. The first-order chi connectivity index (χ1) is 28.9. The molecule has 0 aromatic rings. The third-order valence-electron chi connectivity index (χ3n) is 17.6. The molecule has 16 nitrogen and oxygen atoms in total. The fraction of sp³-hybridized carbons (Fsp3) is 0.956. The van der Waals surface area contributed by atoms with Crippen molar-refractivity contribution < 1.29 is 78.7 Å². The maximum absolute atomic E-state index is 12.0. The van der Waals surface area contributed by atoms with Gasteiger partial charge in [0.05, 0.1) is 37.6 Å². The Balaban J connectivity index is 0.916. The van der Waals surface area contributed by atoms with E-state index in [1.54, 1.807) is 0 Å². The molecule has 0 bridgehead atoms. The quantitative estimate of drug-likeness (QED) is 0.168.